The molecule has 1 aliphatic rings. The second-order valence-electron chi connectivity index (χ2n) is 6.40. The molecule has 0 aliphatic heterocycles. The van der Waals surface area contributed by atoms with Gasteiger partial charge in [0.25, 0.3) is 0 Å². The minimum atomic E-state index is -0.485. The number of hydrazine groups is 1. The van der Waals surface area contributed by atoms with Crippen molar-refractivity contribution in [3.05, 3.63) is 17.5 Å². The highest BCUT2D eigenvalue weighted by atomic mass is 16.5. The van der Waals surface area contributed by atoms with Gasteiger partial charge in [-0.15, -0.1) is 0 Å². The molecule has 0 spiro atoms. The largest absolute Gasteiger partial charge is 0.286 e. The first-order valence-electron chi connectivity index (χ1n) is 8.27. The molecule has 1 saturated carbocycles. The molecule has 1 aromatic rings. The Morgan fingerprint density at radius 2 is 2.00 bits per heavy atom. The number of carbonyl (C=O) groups excluding carboxylic acids is 2. The second-order valence-corrected chi connectivity index (χ2v) is 6.40. The van der Waals surface area contributed by atoms with Gasteiger partial charge in [0.05, 0.1) is 12.5 Å². The zero-order valence-electron chi connectivity index (χ0n) is 14.2. The van der Waals surface area contributed by atoms with Crippen LogP contribution in [0.3, 0.4) is 0 Å². The Bertz CT molecular complexity index is 555. The summed E-state index contributed by atoms with van der Waals surface area (Å²) in [5.74, 6) is 0.00207. The number of rotatable bonds is 8. The molecule has 8 nitrogen and oxygen atoms in total. The van der Waals surface area contributed by atoms with Gasteiger partial charge in [-0.25, -0.2) is 15.0 Å². The first-order valence-corrected chi connectivity index (χ1v) is 8.27. The SMILES string of the molecule is Cc1cc(C)nc(NNC(=O)[C@@H](CC2CCCC2)CN(O)C=O)n1. The van der Waals surface area contributed by atoms with Crippen LogP contribution in [-0.4, -0.2) is 39.1 Å². The summed E-state index contributed by atoms with van der Waals surface area (Å²) in [5.41, 5.74) is 6.89. The Hall–Kier alpha value is -2.22. The summed E-state index contributed by atoms with van der Waals surface area (Å²) < 4.78 is 0. The van der Waals surface area contributed by atoms with E-state index < -0.39 is 5.92 Å². The maximum absolute atomic E-state index is 12.4. The van der Waals surface area contributed by atoms with Gasteiger partial charge in [0.15, 0.2) is 0 Å². The third kappa shape index (κ3) is 5.45. The maximum atomic E-state index is 12.4. The highest BCUT2D eigenvalue weighted by molar-refractivity contribution is 5.80. The van der Waals surface area contributed by atoms with E-state index in [1.165, 1.54) is 12.8 Å². The molecular weight excluding hydrogens is 310 g/mol. The van der Waals surface area contributed by atoms with Crippen molar-refractivity contribution in [1.82, 2.24) is 20.5 Å². The summed E-state index contributed by atoms with van der Waals surface area (Å²) in [5, 5.41) is 9.97. The van der Waals surface area contributed by atoms with Gasteiger partial charge >= 0.3 is 0 Å². The molecular formula is C16H25N5O3. The predicted molar refractivity (Wildman–Crippen MR) is 87.9 cm³/mol. The van der Waals surface area contributed by atoms with Crippen molar-refractivity contribution in [3.8, 4) is 0 Å². The van der Waals surface area contributed by atoms with Crippen molar-refractivity contribution in [2.24, 2.45) is 11.8 Å². The van der Waals surface area contributed by atoms with Gasteiger partial charge in [0.1, 0.15) is 0 Å². The highest BCUT2D eigenvalue weighted by Crippen LogP contribution is 2.30. The van der Waals surface area contributed by atoms with Crippen LogP contribution in [0.1, 0.15) is 43.5 Å². The Balaban J connectivity index is 1.95. The number of hydroxylamine groups is 2. The molecule has 1 atom stereocenters. The van der Waals surface area contributed by atoms with Gasteiger partial charge in [-0.1, -0.05) is 25.7 Å². The number of nitrogens with one attached hydrogen (secondary N) is 2. The molecule has 0 radical (unpaired) electrons. The molecule has 24 heavy (non-hydrogen) atoms. The van der Waals surface area contributed by atoms with Crippen LogP contribution in [0, 0.1) is 25.7 Å². The first kappa shape index (κ1) is 18.1. The molecule has 0 unspecified atom stereocenters. The van der Waals surface area contributed by atoms with E-state index in [-0.39, 0.29) is 12.5 Å². The van der Waals surface area contributed by atoms with Crippen molar-refractivity contribution in [2.75, 3.05) is 12.0 Å². The smallest absolute Gasteiger partial charge is 0.243 e. The third-order valence-corrected chi connectivity index (χ3v) is 4.27. The fourth-order valence-electron chi connectivity index (χ4n) is 3.18. The molecule has 1 heterocycles. The molecule has 0 aromatic carbocycles. The first-order chi connectivity index (χ1) is 11.5. The van der Waals surface area contributed by atoms with E-state index in [1.807, 2.05) is 19.9 Å². The van der Waals surface area contributed by atoms with E-state index in [0.29, 0.717) is 29.8 Å². The quantitative estimate of drug-likeness (QED) is 0.378. The number of nitrogens with zero attached hydrogens (tertiary/aromatic N) is 3. The molecule has 2 amide bonds. The molecule has 0 saturated heterocycles. The van der Waals surface area contributed by atoms with Crippen LogP contribution in [0.4, 0.5) is 5.95 Å². The molecule has 1 fully saturated rings. The molecule has 132 valence electrons. The minimum Gasteiger partial charge on any atom is -0.286 e. The lowest BCUT2D eigenvalue weighted by molar-refractivity contribution is -0.154. The molecule has 3 N–H and O–H groups in total. The Morgan fingerprint density at radius 1 is 1.38 bits per heavy atom. The number of aryl methyl sites for hydroxylation is 2. The number of hydrogen-bond donors (Lipinski definition) is 3. The van der Waals surface area contributed by atoms with Crippen molar-refractivity contribution >= 4 is 18.3 Å². The number of aromatic nitrogens is 2. The average molecular weight is 335 g/mol. The lowest BCUT2D eigenvalue weighted by atomic mass is 9.92. The zero-order chi connectivity index (χ0) is 17.5. The van der Waals surface area contributed by atoms with Gasteiger partial charge in [-0.3, -0.25) is 25.6 Å². The fourth-order valence-corrected chi connectivity index (χ4v) is 3.18. The number of hydrogen-bond acceptors (Lipinski definition) is 6. The Kier molecular flexibility index (Phi) is 6.48. The predicted octanol–water partition coefficient (Wildman–Crippen LogP) is 1.58. The van der Waals surface area contributed by atoms with E-state index in [1.54, 1.807) is 0 Å². The Labute approximate surface area is 141 Å². The van der Waals surface area contributed by atoms with Gasteiger partial charge in [-0.2, -0.15) is 0 Å². The number of anilines is 1. The summed E-state index contributed by atoms with van der Waals surface area (Å²) in [6, 6.07) is 1.84. The van der Waals surface area contributed by atoms with Crippen LogP contribution in [0.5, 0.6) is 0 Å². The van der Waals surface area contributed by atoms with Gasteiger partial charge in [0.2, 0.25) is 18.3 Å². The van der Waals surface area contributed by atoms with Crippen molar-refractivity contribution in [2.45, 2.75) is 46.0 Å². The summed E-state index contributed by atoms with van der Waals surface area (Å²) in [6.45, 7) is 3.66. The second kappa shape index (κ2) is 8.58. The van der Waals surface area contributed by atoms with Crippen LogP contribution in [0.15, 0.2) is 6.07 Å². The van der Waals surface area contributed by atoms with Crippen molar-refractivity contribution in [1.29, 1.82) is 0 Å². The van der Waals surface area contributed by atoms with E-state index in [2.05, 4.69) is 20.8 Å². The lowest BCUT2D eigenvalue weighted by Crippen LogP contribution is -2.41. The normalized spacial score (nSPS) is 15.8. The van der Waals surface area contributed by atoms with E-state index in [0.717, 1.165) is 24.2 Å². The Morgan fingerprint density at radius 3 is 2.58 bits per heavy atom. The highest BCUT2D eigenvalue weighted by Gasteiger charge is 2.26. The van der Waals surface area contributed by atoms with Crippen molar-refractivity contribution < 1.29 is 14.8 Å². The van der Waals surface area contributed by atoms with Crippen molar-refractivity contribution in [3.63, 3.8) is 0 Å². The molecule has 0 bridgehead atoms. The molecule has 1 aromatic heterocycles. The summed E-state index contributed by atoms with van der Waals surface area (Å²) in [7, 11) is 0. The maximum Gasteiger partial charge on any atom is 0.243 e. The summed E-state index contributed by atoms with van der Waals surface area (Å²) in [6.07, 6.45) is 5.48. The molecule has 8 heteroatoms. The zero-order valence-corrected chi connectivity index (χ0v) is 14.2. The molecule has 1 aliphatic carbocycles. The minimum absolute atomic E-state index is 0.0266. The third-order valence-electron chi connectivity index (χ3n) is 4.27. The van der Waals surface area contributed by atoms with Gasteiger partial charge in [-0.05, 0) is 32.3 Å². The van der Waals surface area contributed by atoms with Gasteiger partial charge < -0.3 is 0 Å². The molecule has 2 rings (SSSR count). The van der Waals surface area contributed by atoms with Crippen LogP contribution < -0.4 is 10.9 Å². The van der Waals surface area contributed by atoms with E-state index in [4.69, 9.17) is 0 Å². The van der Waals surface area contributed by atoms with Crippen LogP contribution >= 0.6 is 0 Å². The van der Waals surface area contributed by atoms with Crippen LogP contribution in [-0.2, 0) is 9.59 Å². The summed E-state index contributed by atoms with van der Waals surface area (Å²) in [4.78, 5) is 31.5. The van der Waals surface area contributed by atoms with Gasteiger partial charge in [0, 0.05) is 11.4 Å². The standard InChI is InChI=1S/C16H25N5O3/c1-11-7-12(2)18-16(17-11)20-19-15(23)14(9-21(24)10-22)8-13-5-3-4-6-13/h7,10,13-14,24H,3-6,8-9H2,1-2H3,(H,19,23)(H,17,18,20)/t14-/m0/s1. The number of carbonyl (C=O) groups is 2. The average Bonchev–Trinajstić information content (AvgIpc) is 3.04. The van der Waals surface area contributed by atoms with E-state index >= 15 is 0 Å². The lowest BCUT2D eigenvalue weighted by Gasteiger charge is -2.22. The fraction of sp³-hybridized carbons (Fsp3) is 0.625. The van der Waals surface area contributed by atoms with Crippen LogP contribution in [0.25, 0.3) is 0 Å². The number of amides is 2. The monoisotopic (exact) mass is 335 g/mol. The topological polar surface area (TPSA) is 107 Å². The van der Waals surface area contributed by atoms with E-state index in [9.17, 15) is 14.8 Å². The summed E-state index contributed by atoms with van der Waals surface area (Å²) >= 11 is 0. The van der Waals surface area contributed by atoms with Crippen LogP contribution in [0.2, 0.25) is 0 Å².